The van der Waals surface area contributed by atoms with Gasteiger partial charge in [0.25, 0.3) is 0 Å². The Morgan fingerprint density at radius 2 is 1.68 bits per heavy atom. The lowest BCUT2D eigenvalue weighted by Crippen LogP contribution is -2.37. The first-order chi connectivity index (χ1) is 9.02. The van der Waals surface area contributed by atoms with Gasteiger partial charge in [-0.3, -0.25) is 14.6 Å². The van der Waals surface area contributed by atoms with E-state index < -0.39 is 16.9 Å². The minimum Gasteiger partial charge on any atom is -0.291 e. The molecule has 0 unspecified atom stereocenters. The van der Waals surface area contributed by atoms with E-state index in [-0.39, 0.29) is 22.3 Å². The maximum Gasteiger partial charge on any atom is 0.221 e. The molecule has 1 aromatic carbocycles. The van der Waals surface area contributed by atoms with Crippen molar-refractivity contribution in [1.82, 2.24) is 0 Å². The van der Waals surface area contributed by atoms with Gasteiger partial charge in [0.1, 0.15) is 21.2 Å². The van der Waals surface area contributed by atoms with Gasteiger partial charge in [-0.05, 0) is 5.56 Å². The molecule has 0 radical (unpaired) electrons. The van der Waals surface area contributed by atoms with Gasteiger partial charge in [0.15, 0.2) is 5.78 Å². The van der Waals surface area contributed by atoms with Crippen molar-refractivity contribution in [3.63, 3.8) is 0 Å². The lowest BCUT2D eigenvalue weighted by molar-refractivity contribution is -0.116. The van der Waals surface area contributed by atoms with Crippen LogP contribution in [0, 0.1) is 0 Å². The summed E-state index contributed by atoms with van der Waals surface area (Å²) < 4.78 is 0. The summed E-state index contributed by atoms with van der Waals surface area (Å²) in [6, 6.07) is 9.28. The number of hydrogen-bond donors (Lipinski definition) is 0. The van der Waals surface area contributed by atoms with Gasteiger partial charge in [-0.15, -0.1) is 11.6 Å². The number of aliphatic imine (C=N–C) groups is 1. The predicted molar refractivity (Wildman–Crippen MR) is 76.0 cm³/mol. The summed E-state index contributed by atoms with van der Waals surface area (Å²) in [7, 11) is 0. The van der Waals surface area contributed by atoms with E-state index in [1.165, 1.54) is 0 Å². The molecule has 0 N–H and O–H groups in total. The quantitative estimate of drug-likeness (QED) is 0.787. The summed E-state index contributed by atoms with van der Waals surface area (Å²) in [4.78, 5) is 27.6. The highest BCUT2D eigenvalue weighted by atomic mass is 35.5. The third-order valence-corrected chi connectivity index (χ3v) is 3.82. The van der Waals surface area contributed by atoms with E-state index in [1.54, 1.807) is 0 Å². The first kappa shape index (κ1) is 14.3. The number of ketones is 2. The molecule has 0 saturated carbocycles. The van der Waals surface area contributed by atoms with Gasteiger partial charge in [-0.25, -0.2) is 0 Å². The molecule has 0 saturated heterocycles. The van der Waals surface area contributed by atoms with Crippen molar-refractivity contribution in [2.45, 2.75) is 11.9 Å². The highest BCUT2D eigenvalue weighted by Crippen LogP contribution is 2.27. The Bertz CT molecular complexity index is 593. The fourth-order valence-electron chi connectivity index (χ4n) is 1.58. The third-order valence-electron chi connectivity index (χ3n) is 2.59. The average molecular weight is 317 g/mol. The van der Waals surface area contributed by atoms with Crippen LogP contribution < -0.4 is 0 Å². The van der Waals surface area contributed by atoms with Gasteiger partial charge in [0, 0.05) is 0 Å². The van der Waals surface area contributed by atoms with Gasteiger partial charge < -0.3 is 0 Å². The standard InChI is InChI=1S/C13H8Cl3NO2/c14-8-9(15)13(19)11(10(16)12(8)18)17-6-7-4-2-1-3-5-7/h1-5,10H,6H2/t10-/m0/s1. The number of Topliss-reactive ketones (excluding diaryl/α,β-unsaturated/α-hetero) is 2. The summed E-state index contributed by atoms with van der Waals surface area (Å²) in [5.74, 6) is -1.19. The van der Waals surface area contributed by atoms with E-state index in [0.29, 0.717) is 0 Å². The Hall–Kier alpha value is -1.16. The molecule has 0 fully saturated rings. The van der Waals surface area contributed by atoms with Gasteiger partial charge in [-0.1, -0.05) is 53.5 Å². The fraction of sp³-hybridized carbons (Fsp3) is 0.154. The molecule has 19 heavy (non-hydrogen) atoms. The summed E-state index contributed by atoms with van der Waals surface area (Å²) in [6.45, 7) is 0.250. The van der Waals surface area contributed by atoms with Crippen LogP contribution in [0.3, 0.4) is 0 Å². The second-order valence-electron chi connectivity index (χ2n) is 3.87. The fourth-order valence-corrected chi connectivity index (χ4v) is 2.30. The normalized spacial score (nSPS) is 22.3. The van der Waals surface area contributed by atoms with Gasteiger partial charge >= 0.3 is 0 Å². The van der Waals surface area contributed by atoms with Crippen LogP contribution in [0.15, 0.2) is 45.4 Å². The smallest absolute Gasteiger partial charge is 0.221 e. The van der Waals surface area contributed by atoms with E-state index >= 15 is 0 Å². The minimum absolute atomic E-state index is 0.0649. The largest absolute Gasteiger partial charge is 0.291 e. The predicted octanol–water partition coefficient (Wildman–Crippen LogP) is 3.08. The van der Waals surface area contributed by atoms with Crippen LogP contribution in [0.1, 0.15) is 5.56 Å². The van der Waals surface area contributed by atoms with Crippen LogP contribution >= 0.6 is 34.8 Å². The van der Waals surface area contributed by atoms with Crippen molar-refractivity contribution in [2.24, 2.45) is 4.99 Å². The van der Waals surface area contributed by atoms with Crippen molar-refractivity contribution < 1.29 is 9.59 Å². The van der Waals surface area contributed by atoms with Crippen LogP contribution in [-0.2, 0) is 16.1 Å². The molecule has 0 aliphatic heterocycles. The number of benzene rings is 1. The number of nitrogens with zero attached hydrogens (tertiary/aromatic N) is 1. The maximum atomic E-state index is 11.9. The lowest BCUT2D eigenvalue weighted by Gasteiger charge is -2.16. The summed E-state index contributed by atoms with van der Waals surface area (Å²) in [5, 5.41) is -1.83. The second-order valence-corrected chi connectivity index (χ2v) is 5.06. The van der Waals surface area contributed by atoms with Gasteiger partial charge in [0.2, 0.25) is 5.78 Å². The Kier molecular flexibility index (Phi) is 4.40. The molecule has 2 rings (SSSR count). The summed E-state index contributed by atoms with van der Waals surface area (Å²) >= 11 is 17.2. The molecule has 0 amide bonds. The molecule has 98 valence electrons. The van der Waals surface area contributed by atoms with E-state index in [2.05, 4.69) is 4.99 Å². The number of carbonyl (C=O) groups is 2. The first-order valence-electron chi connectivity index (χ1n) is 5.39. The average Bonchev–Trinajstić information content (AvgIpc) is 2.44. The minimum atomic E-state index is -1.17. The number of carbonyl (C=O) groups excluding carboxylic acids is 2. The van der Waals surface area contributed by atoms with E-state index in [1.807, 2.05) is 30.3 Å². The number of hydrogen-bond acceptors (Lipinski definition) is 3. The molecule has 0 aromatic heterocycles. The molecule has 1 atom stereocenters. The van der Waals surface area contributed by atoms with Crippen LogP contribution in [0.5, 0.6) is 0 Å². The van der Waals surface area contributed by atoms with E-state index in [9.17, 15) is 9.59 Å². The zero-order chi connectivity index (χ0) is 14.0. The molecule has 0 heterocycles. The van der Waals surface area contributed by atoms with Crippen molar-refractivity contribution in [2.75, 3.05) is 0 Å². The Balaban J connectivity index is 2.30. The topological polar surface area (TPSA) is 46.5 Å². The Morgan fingerprint density at radius 1 is 1.05 bits per heavy atom. The van der Waals surface area contributed by atoms with Crippen molar-refractivity contribution in [1.29, 1.82) is 0 Å². The van der Waals surface area contributed by atoms with E-state index in [0.717, 1.165) is 5.56 Å². The number of alkyl halides is 1. The zero-order valence-electron chi connectivity index (χ0n) is 9.57. The molecule has 1 aromatic rings. The van der Waals surface area contributed by atoms with Crippen LogP contribution in [-0.4, -0.2) is 22.7 Å². The first-order valence-corrected chi connectivity index (χ1v) is 6.58. The van der Waals surface area contributed by atoms with Gasteiger partial charge in [0.05, 0.1) is 6.54 Å². The zero-order valence-corrected chi connectivity index (χ0v) is 11.8. The SMILES string of the molecule is O=C1C(=NCc2ccccc2)[C@H](Cl)C(=O)C(Cl)=C1Cl. The second kappa shape index (κ2) is 5.87. The molecular weight excluding hydrogens is 309 g/mol. The lowest BCUT2D eigenvalue weighted by atomic mass is 10.0. The maximum absolute atomic E-state index is 11.9. The van der Waals surface area contributed by atoms with E-state index in [4.69, 9.17) is 34.8 Å². The number of allylic oxidation sites excluding steroid dienone is 2. The molecule has 1 aliphatic carbocycles. The number of halogens is 3. The van der Waals surface area contributed by atoms with Crippen molar-refractivity contribution in [3.05, 3.63) is 46.0 Å². The van der Waals surface area contributed by atoms with Gasteiger partial charge in [-0.2, -0.15) is 0 Å². The highest BCUT2D eigenvalue weighted by molar-refractivity contribution is 6.74. The summed E-state index contributed by atoms with van der Waals surface area (Å²) in [6.07, 6.45) is 0. The Morgan fingerprint density at radius 3 is 2.32 bits per heavy atom. The monoisotopic (exact) mass is 315 g/mol. The molecule has 3 nitrogen and oxygen atoms in total. The molecule has 0 bridgehead atoms. The van der Waals surface area contributed by atoms with Crippen molar-refractivity contribution in [3.8, 4) is 0 Å². The van der Waals surface area contributed by atoms with Crippen molar-refractivity contribution >= 4 is 52.1 Å². The van der Waals surface area contributed by atoms with Crippen LogP contribution in [0.25, 0.3) is 0 Å². The van der Waals surface area contributed by atoms with Crippen LogP contribution in [0.4, 0.5) is 0 Å². The highest BCUT2D eigenvalue weighted by Gasteiger charge is 2.38. The Labute approximate surface area is 124 Å². The van der Waals surface area contributed by atoms with Crippen LogP contribution in [0.2, 0.25) is 0 Å². The summed E-state index contributed by atoms with van der Waals surface area (Å²) in [5.41, 5.74) is 0.834. The molecule has 1 aliphatic rings. The molecular formula is C13H8Cl3NO2. The third kappa shape index (κ3) is 2.89. The molecule has 6 heteroatoms. The number of rotatable bonds is 2. The molecule has 0 spiro atoms.